The van der Waals surface area contributed by atoms with Crippen LogP contribution in [0.1, 0.15) is 18.4 Å². The maximum Gasteiger partial charge on any atom is 0.129 e. The zero-order chi connectivity index (χ0) is 14.9. The SMILES string of the molecule is NCCON=C(CCCn1ccnc1)c1ccc(Cl)cc1. The summed E-state index contributed by atoms with van der Waals surface area (Å²) in [6.07, 6.45) is 7.29. The Kier molecular flexibility index (Phi) is 6.24. The molecule has 0 amide bonds. The number of hydrogen-bond acceptors (Lipinski definition) is 4. The fourth-order valence-electron chi connectivity index (χ4n) is 1.91. The molecule has 5 nitrogen and oxygen atoms in total. The lowest BCUT2D eigenvalue weighted by Crippen LogP contribution is -2.09. The Labute approximate surface area is 129 Å². The lowest BCUT2D eigenvalue weighted by Gasteiger charge is -2.08. The van der Waals surface area contributed by atoms with Crippen LogP contribution in [-0.4, -0.2) is 28.4 Å². The lowest BCUT2D eigenvalue weighted by molar-refractivity contribution is 0.151. The van der Waals surface area contributed by atoms with E-state index in [1.807, 2.05) is 41.4 Å². The third-order valence-corrected chi connectivity index (χ3v) is 3.20. The van der Waals surface area contributed by atoms with Crippen LogP contribution < -0.4 is 5.73 Å². The minimum Gasteiger partial charge on any atom is -0.394 e. The number of rotatable bonds is 8. The molecule has 0 aliphatic rings. The largest absolute Gasteiger partial charge is 0.394 e. The fourth-order valence-corrected chi connectivity index (χ4v) is 2.04. The van der Waals surface area contributed by atoms with E-state index in [1.165, 1.54) is 0 Å². The number of oxime groups is 1. The first-order chi connectivity index (χ1) is 10.3. The highest BCUT2D eigenvalue weighted by Crippen LogP contribution is 2.13. The summed E-state index contributed by atoms with van der Waals surface area (Å²) in [5, 5.41) is 4.91. The molecule has 2 N–H and O–H groups in total. The highest BCUT2D eigenvalue weighted by molar-refractivity contribution is 6.30. The van der Waals surface area contributed by atoms with E-state index in [4.69, 9.17) is 22.2 Å². The molecule has 21 heavy (non-hydrogen) atoms. The zero-order valence-electron chi connectivity index (χ0n) is 11.8. The van der Waals surface area contributed by atoms with E-state index in [1.54, 1.807) is 6.20 Å². The topological polar surface area (TPSA) is 65.4 Å². The molecule has 2 aromatic rings. The van der Waals surface area contributed by atoms with Gasteiger partial charge in [-0.1, -0.05) is 28.9 Å². The summed E-state index contributed by atoms with van der Waals surface area (Å²) >= 11 is 5.92. The van der Waals surface area contributed by atoms with E-state index in [-0.39, 0.29) is 0 Å². The number of nitrogens with zero attached hydrogens (tertiary/aromatic N) is 3. The summed E-state index contributed by atoms with van der Waals surface area (Å²) in [5.74, 6) is 0. The van der Waals surface area contributed by atoms with Crippen molar-refractivity contribution >= 4 is 17.3 Å². The van der Waals surface area contributed by atoms with Crippen LogP contribution in [0.25, 0.3) is 0 Å². The number of hydrogen-bond donors (Lipinski definition) is 1. The van der Waals surface area contributed by atoms with Crippen LogP contribution in [0.15, 0.2) is 48.1 Å². The molecule has 0 radical (unpaired) electrons. The molecule has 0 atom stereocenters. The first-order valence-corrected chi connectivity index (χ1v) is 7.28. The van der Waals surface area contributed by atoms with Crippen molar-refractivity contribution in [2.45, 2.75) is 19.4 Å². The summed E-state index contributed by atoms with van der Waals surface area (Å²) in [6, 6.07) is 7.60. The fraction of sp³-hybridized carbons (Fsp3) is 0.333. The molecule has 0 bridgehead atoms. The van der Waals surface area contributed by atoms with Crippen molar-refractivity contribution in [3.8, 4) is 0 Å². The molecular formula is C15H19ClN4O. The van der Waals surface area contributed by atoms with E-state index in [2.05, 4.69) is 10.1 Å². The van der Waals surface area contributed by atoms with Gasteiger partial charge in [0.25, 0.3) is 0 Å². The summed E-state index contributed by atoms with van der Waals surface area (Å²) in [6.45, 7) is 1.76. The molecule has 112 valence electrons. The molecule has 0 unspecified atom stereocenters. The second-order valence-electron chi connectivity index (χ2n) is 4.57. The van der Waals surface area contributed by atoms with Gasteiger partial charge in [-0.15, -0.1) is 0 Å². The maximum absolute atomic E-state index is 5.92. The lowest BCUT2D eigenvalue weighted by atomic mass is 10.1. The third-order valence-electron chi connectivity index (χ3n) is 2.95. The van der Waals surface area contributed by atoms with Gasteiger partial charge in [0.05, 0.1) is 12.0 Å². The smallest absolute Gasteiger partial charge is 0.129 e. The van der Waals surface area contributed by atoms with Crippen molar-refractivity contribution in [1.29, 1.82) is 0 Å². The average Bonchev–Trinajstić information content (AvgIpc) is 3.00. The van der Waals surface area contributed by atoms with Crippen LogP contribution in [0, 0.1) is 0 Å². The van der Waals surface area contributed by atoms with Crippen molar-refractivity contribution in [2.75, 3.05) is 13.2 Å². The van der Waals surface area contributed by atoms with Gasteiger partial charge in [0, 0.05) is 30.5 Å². The van der Waals surface area contributed by atoms with Crippen LogP contribution in [-0.2, 0) is 11.4 Å². The standard InChI is InChI=1S/C15H19ClN4O/c16-14-5-3-13(4-6-14)15(19-21-11-7-17)2-1-9-20-10-8-18-12-20/h3-6,8,10,12H,1-2,7,9,11,17H2. The first-order valence-electron chi connectivity index (χ1n) is 6.90. The Morgan fingerprint density at radius 1 is 1.33 bits per heavy atom. The minimum atomic E-state index is 0.415. The quantitative estimate of drug-likeness (QED) is 0.463. The summed E-state index contributed by atoms with van der Waals surface area (Å²) < 4.78 is 2.04. The van der Waals surface area contributed by atoms with Crippen LogP contribution >= 0.6 is 11.6 Å². The Morgan fingerprint density at radius 3 is 2.81 bits per heavy atom. The Balaban J connectivity index is 1.98. The van der Waals surface area contributed by atoms with E-state index >= 15 is 0 Å². The Morgan fingerprint density at radius 2 is 2.14 bits per heavy atom. The molecule has 0 saturated heterocycles. The number of aryl methyl sites for hydroxylation is 1. The number of benzene rings is 1. The highest BCUT2D eigenvalue weighted by atomic mass is 35.5. The van der Waals surface area contributed by atoms with E-state index in [9.17, 15) is 0 Å². The van der Waals surface area contributed by atoms with Crippen LogP contribution in [0.2, 0.25) is 5.02 Å². The van der Waals surface area contributed by atoms with E-state index < -0.39 is 0 Å². The monoisotopic (exact) mass is 306 g/mol. The molecule has 6 heteroatoms. The number of aromatic nitrogens is 2. The van der Waals surface area contributed by atoms with Gasteiger partial charge in [0.1, 0.15) is 6.61 Å². The zero-order valence-corrected chi connectivity index (χ0v) is 12.5. The van der Waals surface area contributed by atoms with Gasteiger partial charge in [-0.2, -0.15) is 0 Å². The normalized spacial score (nSPS) is 11.6. The molecule has 0 fully saturated rings. The van der Waals surface area contributed by atoms with Gasteiger partial charge < -0.3 is 15.1 Å². The van der Waals surface area contributed by atoms with E-state index in [0.717, 1.165) is 30.7 Å². The molecule has 2 rings (SSSR count). The van der Waals surface area contributed by atoms with Crippen LogP contribution in [0.3, 0.4) is 0 Å². The van der Waals surface area contributed by atoms with Gasteiger partial charge in [0.2, 0.25) is 0 Å². The Hall–Kier alpha value is -1.85. The van der Waals surface area contributed by atoms with Crippen molar-refractivity contribution < 1.29 is 4.84 Å². The third kappa shape index (κ3) is 5.21. The van der Waals surface area contributed by atoms with Gasteiger partial charge in [-0.25, -0.2) is 4.98 Å². The van der Waals surface area contributed by atoms with Gasteiger partial charge in [-0.3, -0.25) is 0 Å². The van der Waals surface area contributed by atoms with Crippen LogP contribution in [0.5, 0.6) is 0 Å². The van der Waals surface area contributed by atoms with Gasteiger partial charge in [0.15, 0.2) is 0 Å². The van der Waals surface area contributed by atoms with Crippen LogP contribution in [0.4, 0.5) is 0 Å². The number of imidazole rings is 1. The summed E-state index contributed by atoms with van der Waals surface area (Å²) in [5.41, 5.74) is 7.33. The van der Waals surface area contributed by atoms with Crippen molar-refractivity contribution in [3.63, 3.8) is 0 Å². The maximum atomic E-state index is 5.92. The Bertz CT molecular complexity index is 552. The number of nitrogens with two attached hydrogens (primary N) is 1. The predicted octanol–water partition coefficient (Wildman–Crippen LogP) is 2.70. The van der Waals surface area contributed by atoms with Gasteiger partial charge >= 0.3 is 0 Å². The average molecular weight is 307 g/mol. The number of halogens is 1. The molecule has 0 saturated carbocycles. The predicted molar refractivity (Wildman–Crippen MR) is 84.5 cm³/mol. The highest BCUT2D eigenvalue weighted by Gasteiger charge is 2.05. The minimum absolute atomic E-state index is 0.415. The molecule has 0 spiro atoms. The van der Waals surface area contributed by atoms with Gasteiger partial charge in [-0.05, 0) is 30.5 Å². The molecule has 1 aromatic heterocycles. The van der Waals surface area contributed by atoms with Crippen molar-refractivity contribution in [3.05, 3.63) is 53.6 Å². The second-order valence-corrected chi connectivity index (χ2v) is 5.01. The first kappa shape index (κ1) is 15.5. The van der Waals surface area contributed by atoms with Crippen molar-refractivity contribution in [1.82, 2.24) is 9.55 Å². The molecular weight excluding hydrogens is 288 g/mol. The molecule has 1 aromatic carbocycles. The second kappa shape index (κ2) is 8.44. The molecule has 0 aliphatic carbocycles. The van der Waals surface area contributed by atoms with Crippen molar-refractivity contribution in [2.24, 2.45) is 10.9 Å². The van der Waals surface area contributed by atoms with E-state index in [0.29, 0.717) is 18.2 Å². The molecule has 1 heterocycles. The summed E-state index contributed by atoms with van der Waals surface area (Å²) in [7, 11) is 0. The summed E-state index contributed by atoms with van der Waals surface area (Å²) in [4.78, 5) is 9.26. The molecule has 0 aliphatic heterocycles.